The molecule has 1 aromatic rings. The number of rotatable bonds is 3. The first-order valence-corrected chi connectivity index (χ1v) is 4.72. The maximum atomic E-state index is 11.4. The van der Waals surface area contributed by atoms with Crippen molar-refractivity contribution in [3.63, 3.8) is 0 Å². The lowest BCUT2D eigenvalue weighted by Gasteiger charge is -2.20. The number of carbonyl (C=O) groups excluding carboxylic acids is 1. The van der Waals surface area contributed by atoms with Crippen molar-refractivity contribution < 1.29 is 19.1 Å². The number of hydrogen-bond acceptors (Lipinski definition) is 3. The monoisotopic (exact) mass is 209 g/mol. The number of nitrogens with zero attached hydrogens (tertiary/aromatic N) is 1. The average Bonchev–Trinajstić information content (AvgIpc) is 2.78. The molecule has 1 fully saturated rings. The zero-order chi connectivity index (χ0) is 10.8. The van der Waals surface area contributed by atoms with Crippen LogP contribution in [-0.2, 0) is 16.1 Å². The van der Waals surface area contributed by atoms with Crippen LogP contribution in [0.3, 0.4) is 0 Å². The number of carboxylic acids is 1. The summed E-state index contributed by atoms with van der Waals surface area (Å²) in [5.74, 6) is -1.05. The van der Waals surface area contributed by atoms with Gasteiger partial charge in [-0.25, -0.2) is 4.79 Å². The fourth-order valence-corrected chi connectivity index (χ4v) is 1.77. The molecule has 0 bridgehead atoms. The maximum Gasteiger partial charge on any atom is 0.326 e. The van der Waals surface area contributed by atoms with Crippen LogP contribution in [0.25, 0.3) is 0 Å². The summed E-state index contributed by atoms with van der Waals surface area (Å²) in [7, 11) is 0. The first kappa shape index (κ1) is 9.76. The summed E-state index contributed by atoms with van der Waals surface area (Å²) in [6.45, 7) is 0.312. The molecule has 1 atom stereocenters. The molecule has 1 N–H and O–H groups in total. The molecule has 0 aromatic carbocycles. The summed E-state index contributed by atoms with van der Waals surface area (Å²) in [5.41, 5.74) is 0.816. The predicted molar refractivity (Wildman–Crippen MR) is 49.9 cm³/mol. The summed E-state index contributed by atoms with van der Waals surface area (Å²) >= 11 is 0. The SMILES string of the molecule is O=C(O)C1CCC(=O)N1Cc1ccoc1. The largest absolute Gasteiger partial charge is 0.480 e. The lowest BCUT2D eigenvalue weighted by molar-refractivity contribution is -0.146. The van der Waals surface area contributed by atoms with Crippen LogP contribution >= 0.6 is 0 Å². The second-order valence-electron chi connectivity index (χ2n) is 3.55. The van der Waals surface area contributed by atoms with Gasteiger partial charge < -0.3 is 14.4 Å². The van der Waals surface area contributed by atoms with Gasteiger partial charge in [0.15, 0.2) is 0 Å². The smallest absolute Gasteiger partial charge is 0.326 e. The van der Waals surface area contributed by atoms with E-state index in [9.17, 15) is 9.59 Å². The van der Waals surface area contributed by atoms with Crippen LogP contribution in [0.4, 0.5) is 0 Å². The van der Waals surface area contributed by atoms with Crippen molar-refractivity contribution in [1.82, 2.24) is 4.90 Å². The Morgan fingerprint density at radius 1 is 1.67 bits per heavy atom. The first-order valence-electron chi connectivity index (χ1n) is 4.72. The molecular formula is C10H11NO4. The molecule has 1 aromatic heterocycles. The summed E-state index contributed by atoms with van der Waals surface area (Å²) in [4.78, 5) is 23.7. The fraction of sp³-hybridized carbons (Fsp3) is 0.400. The molecule has 2 heterocycles. The number of hydrogen-bond donors (Lipinski definition) is 1. The minimum atomic E-state index is -0.940. The van der Waals surface area contributed by atoms with Gasteiger partial charge in [-0.2, -0.15) is 0 Å². The third kappa shape index (κ3) is 1.86. The molecule has 1 saturated heterocycles. The van der Waals surface area contributed by atoms with Gasteiger partial charge in [0.25, 0.3) is 0 Å². The Balaban J connectivity index is 2.11. The third-order valence-electron chi connectivity index (χ3n) is 2.55. The normalized spacial score (nSPS) is 20.9. The molecule has 1 unspecified atom stereocenters. The molecular weight excluding hydrogens is 198 g/mol. The van der Waals surface area contributed by atoms with E-state index in [-0.39, 0.29) is 5.91 Å². The van der Waals surface area contributed by atoms with E-state index in [0.717, 1.165) is 5.56 Å². The van der Waals surface area contributed by atoms with Crippen molar-refractivity contribution in [2.45, 2.75) is 25.4 Å². The highest BCUT2D eigenvalue weighted by atomic mass is 16.4. The highest BCUT2D eigenvalue weighted by Crippen LogP contribution is 2.21. The molecule has 0 spiro atoms. The second kappa shape index (κ2) is 3.76. The Hall–Kier alpha value is -1.78. The molecule has 80 valence electrons. The van der Waals surface area contributed by atoms with Crippen LogP contribution in [0, 0.1) is 0 Å². The van der Waals surface area contributed by atoms with Gasteiger partial charge in [0, 0.05) is 18.5 Å². The molecule has 5 nitrogen and oxygen atoms in total. The van der Waals surface area contributed by atoms with E-state index >= 15 is 0 Å². The van der Waals surface area contributed by atoms with Crippen molar-refractivity contribution >= 4 is 11.9 Å². The van der Waals surface area contributed by atoms with Gasteiger partial charge in [0.1, 0.15) is 6.04 Å². The minimum Gasteiger partial charge on any atom is -0.480 e. The maximum absolute atomic E-state index is 11.4. The summed E-state index contributed by atoms with van der Waals surface area (Å²) in [5, 5.41) is 8.91. The molecule has 1 amide bonds. The van der Waals surface area contributed by atoms with Crippen LogP contribution in [0.5, 0.6) is 0 Å². The number of furan rings is 1. The Kier molecular flexibility index (Phi) is 2.45. The van der Waals surface area contributed by atoms with Gasteiger partial charge in [-0.1, -0.05) is 0 Å². The van der Waals surface area contributed by atoms with Crippen molar-refractivity contribution in [1.29, 1.82) is 0 Å². The second-order valence-corrected chi connectivity index (χ2v) is 3.55. The highest BCUT2D eigenvalue weighted by molar-refractivity contribution is 5.87. The zero-order valence-corrected chi connectivity index (χ0v) is 8.05. The van der Waals surface area contributed by atoms with Gasteiger partial charge >= 0.3 is 5.97 Å². The van der Waals surface area contributed by atoms with Gasteiger partial charge in [0.2, 0.25) is 5.91 Å². The summed E-state index contributed by atoms with van der Waals surface area (Å²) < 4.78 is 4.87. The van der Waals surface area contributed by atoms with Gasteiger partial charge in [0.05, 0.1) is 12.5 Å². The predicted octanol–water partition coefficient (Wildman–Crippen LogP) is 0.855. The van der Waals surface area contributed by atoms with Crippen LogP contribution in [-0.4, -0.2) is 27.9 Å². The molecule has 0 saturated carbocycles. The van der Waals surface area contributed by atoms with Gasteiger partial charge in [-0.3, -0.25) is 4.79 Å². The van der Waals surface area contributed by atoms with Crippen molar-refractivity contribution in [3.05, 3.63) is 24.2 Å². The molecule has 1 aliphatic heterocycles. The van der Waals surface area contributed by atoms with Gasteiger partial charge in [-0.15, -0.1) is 0 Å². The first-order chi connectivity index (χ1) is 7.18. The number of carboxylic acid groups (broad SMARTS) is 1. The highest BCUT2D eigenvalue weighted by Gasteiger charge is 2.35. The number of amides is 1. The fourth-order valence-electron chi connectivity index (χ4n) is 1.77. The minimum absolute atomic E-state index is 0.108. The molecule has 1 aliphatic rings. The summed E-state index contributed by atoms with van der Waals surface area (Å²) in [6, 6.07) is 1.04. The standard InChI is InChI=1S/C10H11NO4/c12-9-2-1-8(10(13)14)11(9)5-7-3-4-15-6-7/h3-4,6,8H,1-2,5H2,(H,13,14). The number of aliphatic carboxylic acids is 1. The van der Waals surface area contributed by atoms with E-state index in [1.54, 1.807) is 6.07 Å². The van der Waals surface area contributed by atoms with Crippen LogP contribution in [0.1, 0.15) is 18.4 Å². The van der Waals surface area contributed by atoms with E-state index in [0.29, 0.717) is 19.4 Å². The lowest BCUT2D eigenvalue weighted by Crippen LogP contribution is -2.37. The van der Waals surface area contributed by atoms with Crippen molar-refractivity contribution in [2.24, 2.45) is 0 Å². The van der Waals surface area contributed by atoms with Crippen LogP contribution in [0.15, 0.2) is 23.0 Å². The topological polar surface area (TPSA) is 70.8 Å². The Morgan fingerprint density at radius 3 is 3.07 bits per heavy atom. The molecule has 0 radical (unpaired) electrons. The van der Waals surface area contributed by atoms with Crippen LogP contribution < -0.4 is 0 Å². The van der Waals surface area contributed by atoms with E-state index in [2.05, 4.69) is 0 Å². The third-order valence-corrected chi connectivity index (χ3v) is 2.55. The Bertz CT molecular complexity index is 371. The molecule has 0 aliphatic carbocycles. The number of carbonyl (C=O) groups is 2. The summed E-state index contributed by atoms with van der Waals surface area (Å²) in [6.07, 6.45) is 3.73. The number of likely N-dealkylation sites (tertiary alicyclic amines) is 1. The van der Waals surface area contributed by atoms with Crippen molar-refractivity contribution in [3.8, 4) is 0 Å². The van der Waals surface area contributed by atoms with Crippen LogP contribution in [0.2, 0.25) is 0 Å². The molecule has 5 heteroatoms. The van der Waals surface area contributed by atoms with E-state index in [4.69, 9.17) is 9.52 Å². The zero-order valence-electron chi connectivity index (χ0n) is 8.05. The van der Waals surface area contributed by atoms with Crippen molar-refractivity contribution in [2.75, 3.05) is 0 Å². The van der Waals surface area contributed by atoms with E-state index in [1.165, 1.54) is 17.4 Å². The Labute approximate surface area is 86.3 Å². The van der Waals surface area contributed by atoms with Gasteiger partial charge in [-0.05, 0) is 12.5 Å². The lowest BCUT2D eigenvalue weighted by atomic mass is 10.2. The molecule has 2 rings (SSSR count). The quantitative estimate of drug-likeness (QED) is 0.801. The Morgan fingerprint density at radius 2 is 2.47 bits per heavy atom. The van der Waals surface area contributed by atoms with E-state index < -0.39 is 12.0 Å². The average molecular weight is 209 g/mol. The van der Waals surface area contributed by atoms with E-state index in [1.807, 2.05) is 0 Å². The molecule has 15 heavy (non-hydrogen) atoms.